The molecule has 0 spiro atoms. The van der Waals surface area contributed by atoms with Gasteiger partial charge in [-0.3, -0.25) is 4.79 Å². The first-order valence-electron chi connectivity index (χ1n) is 3.71. The number of rotatable bonds is 1. The molecule has 0 bridgehead atoms. The van der Waals surface area contributed by atoms with E-state index in [2.05, 4.69) is 20.7 Å². The van der Waals surface area contributed by atoms with Crippen molar-refractivity contribution in [1.82, 2.24) is 0 Å². The molecule has 0 fully saturated rings. The molecule has 0 saturated carbocycles. The molecular weight excluding hydrogens is 204 g/mol. The summed E-state index contributed by atoms with van der Waals surface area (Å²) in [4.78, 5) is 9.00. The molecule has 1 aliphatic heterocycles. The maximum Gasteiger partial charge on any atom is 0.300 e. The Morgan fingerprint density at radius 2 is 2.07 bits per heavy atom. The number of carbonyl (C=O) groups is 1. The molecule has 0 aliphatic carbocycles. The Bertz CT molecular complexity index is 331. The molecule has 1 aromatic rings. The lowest BCUT2D eigenvalue weighted by Crippen LogP contribution is -1.81. The summed E-state index contributed by atoms with van der Waals surface area (Å²) in [6.45, 7) is 1.08. The Labute approximate surface area is 84.0 Å². The Morgan fingerprint density at radius 3 is 2.50 bits per heavy atom. The van der Waals surface area contributed by atoms with Crippen molar-refractivity contribution in [1.29, 1.82) is 0 Å². The van der Waals surface area contributed by atoms with Crippen molar-refractivity contribution < 1.29 is 9.90 Å². The largest absolute Gasteiger partial charge is 0.481 e. The molecule has 7 heteroatoms. The van der Waals surface area contributed by atoms with Crippen LogP contribution in [0.5, 0.6) is 0 Å². The maximum absolute atomic E-state index is 9.00. The number of aliphatic carboxylic acids is 1. The number of thiophene rings is 1. The van der Waals surface area contributed by atoms with Gasteiger partial charge >= 0.3 is 0 Å². The molecule has 6 nitrogen and oxygen atoms in total. The first kappa shape index (κ1) is 10.5. The van der Waals surface area contributed by atoms with E-state index in [1.54, 1.807) is 11.3 Å². The van der Waals surface area contributed by atoms with Crippen LogP contribution in [0, 0.1) is 0 Å². The van der Waals surface area contributed by atoms with Crippen molar-refractivity contribution in [3.8, 4) is 0 Å². The Morgan fingerprint density at radius 1 is 1.50 bits per heavy atom. The van der Waals surface area contributed by atoms with Crippen LogP contribution in [0.2, 0.25) is 0 Å². The van der Waals surface area contributed by atoms with Crippen molar-refractivity contribution in [2.45, 2.75) is 13.1 Å². The molecule has 2 rings (SSSR count). The van der Waals surface area contributed by atoms with Gasteiger partial charge in [-0.1, -0.05) is 0 Å². The van der Waals surface area contributed by atoms with Gasteiger partial charge in [0.1, 0.15) is 0 Å². The normalized spacial score (nSPS) is 13.8. The highest BCUT2D eigenvalue weighted by Crippen LogP contribution is 2.25. The summed E-state index contributed by atoms with van der Waals surface area (Å²) >= 11 is 1.62. The lowest BCUT2D eigenvalue weighted by Gasteiger charge is -1.92. The minimum Gasteiger partial charge on any atom is -0.481 e. The van der Waals surface area contributed by atoms with E-state index in [0.717, 1.165) is 12.5 Å². The molecule has 1 aliphatic rings. The molecule has 0 radical (unpaired) electrons. The minimum atomic E-state index is -0.833. The summed E-state index contributed by atoms with van der Waals surface area (Å²) in [6.07, 6.45) is -0.175. The van der Waals surface area contributed by atoms with E-state index in [0.29, 0.717) is 0 Å². The SMILES string of the molecule is CC(=O)O.c1cc(C2N=NN=N2)cs1. The molecule has 0 amide bonds. The van der Waals surface area contributed by atoms with Gasteiger partial charge in [0.15, 0.2) is 0 Å². The zero-order valence-electron chi connectivity index (χ0n) is 7.36. The second-order valence-corrected chi connectivity index (χ2v) is 3.14. The molecule has 1 aromatic heterocycles. The zero-order valence-corrected chi connectivity index (χ0v) is 8.18. The standard InChI is InChI=1S/C5H4N4S.C2H4O2/c1-2-10-3-4(1)5-6-8-9-7-5;1-2(3)4/h1-3,5H;1H3,(H,3,4). The van der Waals surface area contributed by atoms with Crippen LogP contribution >= 0.6 is 11.3 Å². The van der Waals surface area contributed by atoms with E-state index in [1.807, 2.05) is 16.8 Å². The monoisotopic (exact) mass is 212 g/mol. The molecule has 2 heterocycles. The van der Waals surface area contributed by atoms with Crippen LogP contribution in [0.25, 0.3) is 0 Å². The average Bonchev–Trinajstić information content (AvgIpc) is 2.76. The van der Waals surface area contributed by atoms with Gasteiger partial charge in [-0.05, 0) is 27.3 Å². The average molecular weight is 212 g/mol. The van der Waals surface area contributed by atoms with E-state index < -0.39 is 5.97 Å². The fourth-order valence-corrected chi connectivity index (χ4v) is 1.39. The van der Waals surface area contributed by atoms with Crippen LogP contribution in [0.3, 0.4) is 0 Å². The summed E-state index contributed by atoms with van der Waals surface area (Å²) in [6, 6.07) is 1.97. The van der Waals surface area contributed by atoms with Crippen molar-refractivity contribution in [3.05, 3.63) is 22.4 Å². The van der Waals surface area contributed by atoms with Crippen molar-refractivity contribution in [2.24, 2.45) is 20.7 Å². The summed E-state index contributed by atoms with van der Waals surface area (Å²) in [5.41, 5.74) is 1.06. The van der Waals surface area contributed by atoms with Crippen LogP contribution in [0.15, 0.2) is 37.5 Å². The van der Waals surface area contributed by atoms with E-state index >= 15 is 0 Å². The summed E-state index contributed by atoms with van der Waals surface area (Å²) < 4.78 is 0. The third-order valence-electron chi connectivity index (χ3n) is 1.20. The van der Waals surface area contributed by atoms with Crippen LogP contribution in [0.1, 0.15) is 18.7 Å². The number of carboxylic acids is 1. The first-order valence-corrected chi connectivity index (χ1v) is 4.66. The Balaban J connectivity index is 0.000000213. The molecule has 0 unspecified atom stereocenters. The fourth-order valence-electron chi connectivity index (χ4n) is 0.722. The van der Waals surface area contributed by atoms with Crippen LogP contribution in [-0.2, 0) is 4.79 Å². The molecule has 1 N–H and O–H groups in total. The highest BCUT2D eigenvalue weighted by atomic mass is 32.1. The van der Waals surface area contributed by atoms with Gasteiger partial charge in [-0.25, -0.2) is 0 Å². The highest BCUT2D eigenvalue weighted by molar-refractivity contribution is 7.07. The Hall–Kier alpha value is -1.63. The second kappa shape index (κ2) is 5.18. The van der Waals surface area contributed by atoms with Gasteiger partial charge in [0, 0.05) is 12.5 Å². The van der Waals surface area contributed by atoms with Gasteiger partial charge in [0.2, 0.25) is 6.17 Å². The second-order valence-electron chi connectivity index (χ2n) is 2.36. The minimum absolute atomic E-state index is 0.175. The lowest BCUT2D eigenvalue weighted by atomic mass is 10.3. The van der Waals surface area contributed by atoms with E-state index in [1.165, 1.54) is 0 Å². The number of carboxylic acid groups (broad SMARTS) is 1. The third-order valence-corrected chi connectivity index (χ3v) is 1.90. The van der Waals surface area contributed by atoms with Crippen LogP contribution < -0.4 is 0 Å². The summed E-state index contributed by atoms with van der Waals surface area (Å²) in [7, 11) is 0. The van der Waals surface area contributed by atoms with Gasteiger partial charge in [-0.2, -0.15) is 11.3 Å². The maximum atomic E-state index is 9.00. The predicted molar refractivity (Wildman–Crippen MR) is 50.1 cm³/mol. The van der Waals surface area contributed by atoms with E-state index in [9.17, 15) is 0 Å². The molecule has 74 valence electrons. The lowest BCUT2D eigenvalue weighted by molar-refractivity contribution is -0.134. The molecular formula is C7H8N4O2S. The number of hydrogen-bond donors (Lipinski definition) is 1. The quantitative estimate of drug-likeness (QED) is 0.775. The van der Waals surface area contributed by atoms with Gasteiger partial charge in [0.25, 0.3) is 5.97 Å². The molecule has 0 atom stereocenters. The van der Waals surface area contributed by atoms with Crippen molar-refractivity contribution >= 4 is 17.3 Å². The van der Waals surface area contributed by atoms with Gasteiger partial charge in [0.05, 0.1) is 0 Å². The third kappa shape index (κ3) is 3.40. The number of hydrogen-bond acceptors (Lipinski definition) is 6. The topological polar surface area (TPSA) is 86.7 Å². The molecule has 0 aromatic carbocycles. The van der Waals surface area contributed by atoms with Gasteiger partial charge in [-0.15, -0.1) is 10.2 Å². The summed E-state index contributed by atoms with van der Waals surface area (Å²) in [5.74, 6) is -0.833. The van der Waals surface area contributed by atoms with Crippen LogP contribution in [0.4, 0.5) is 0 Å². The highest BCUT2D eigenvalue weighted by Gasteiger charge is 2.11. The molecule has 14 heavy (non-hydrogen) atoms. The summed E-state index contributed by atoms with van der Waals surface area (Å²) in [5, 5.41) is 25.8. The van der Waals surface area contributed by atoms with E-state index in [-0.39, 0.29) is 6.17 Å². The first-order chi connectivity index (χ1) is 6.70. The van der Waals surface area contributed by atoms with Gasteiger partial charge < -0.3 is 5.11 Å². The predicted octanol–water partition coefficient (Wildman–Crippen LogP) is 2.67. The smallest absolute Gasteiger partial charge is 0.300 e. The number of nitrogens with zero attached hydrogens (tertiary/aromatic N) is 4. The van der Waals surface area contributed by atoms with Crippen molar-refractivity contribution in [3.63, 3.8) is 0 Å². The van der Waals surface area contributed by atoms with E-state index in [4.69, 9.17) is 9.90 Å². The van der Waals surface area contributed by atoms with Crippen molar-refractivity contribution in [2.75, 3.05) is 0 Å². The molecule has 0 saturated heterocycles. The fraction of sp³-hybridized carbons (Fsp3) is 0.286. The Kier molecular flexibility index (Phi) is 3.86. The zero-order chi connectivity index (χ0) is 10.4. The van der Waals surface area contributed by atoms with Crippen LogP contribution in [-0.4, -0.2) is 11.1 Å².